The normalized spacial score (nSPS) is 10.6. The first kappa shape index (κ1) is 12.3. The van der Waals surface area contributed by atoms with E-state index >= 15 is 0 Å². The number of rotatable bonds is 2. The van der Waals surface area contributed by atoms with E-state index in [-0.39, 0.29) is 0 Å². The fourth-order valence-electron chi connectivity index (χ4n) is 2.42. The number of aromatic nitrogens is 1. The van der Waals surface area contributed by atoms with E-state index in [2.05, 4.69) is 41.8 Å². The molecule has 0 fully saturated rings. The van der Waals surface area contributed by atoms with Crippen molar-refractivity contribution >= 4 is 16.6 Å². The lowest BCUT2D eigenvalue weighted by Gasteiger charge is -2.06. The van der Waals surface area contributed by atoms with Crippen molar-refractivity contribution in [3.05, 3.63) is 65.4 Å². The zero-order chi connectivity index (χ0) is 14.1. The molecule has 98 valence electrons. The van der Waals surface area contributed by atoms with Crippen molar-refractivity contribution in [2.45, 2.75) is 13.5 Å². The number of anilines is 1. The van der Waals surface area contributed by atoms with Gasteiger partial charge in [0.2, 0.25) is 0 Å². The summed E-state index contributed by atoms with van der Waals surface area (Å²) >= 11 is 0. The van der Waals surface area contributed by atoms with Gasteiger partial charge in [0.05, 0.1) is 5.56 Å². The third-order valence-corrected chi connectivity index (χ3v) is 3.50. The number of nitrogens with zero attached hydrogens (tertiary/aromatic N) is 2. The third-order valence-electron chi connectivity index (χ3n) is 3.50. The summed E-state index contributed by atoms with van der Waals surface area (Å²) in [4.78, 5) is 0. The molecule has 0 atom stereocenters. The molecule has 0 aliphatic carbocycles. The first-order valence-corrected chi connectivity index (χ1v) is 6.51. The number of nitrogen functional groups attached to an aromatic ring is 1. The van der Waals surface area contributed by atoms with Crippen molar-refractivity contribution in [2.75, 3.05) is 5.73 Å². The van der Waals surface area contributed by atoms with Crippen LogP contribution in [0.4, 0.5) is 5.69 Å². The van der Waals surface area contributed by atoms with Gasteiger partial charge in [-0.25, -0.2) is 0 Å². The minimum Gasteiger partial charge on any atom is -0.399 e. The highest BCUT2D eigenvalue weighted by Crippen LogP contribution is 2.24. The second kappa shape index (κ2) is 4.75. The summed E-state index contributed by atoms with van der Waals surface area (Å²) in [5.74, 6) is 0. The van der Waals surface area contributed by atoms with Crippen LogP contribution in [0.25, 0.3) is 10.9 Å². The van der Waals surface area contributed by atoms with Gasteiger partial charge in [-0.15, -0.1) is 0 Å². The standard InChI is InChI=1S/C17H15N3/c1-12-2-4-13(5-3-12)10-20-11-14(9-18)16-8-15(19)6-7-17(16)20/h2-8,11H,10,19H2,1H3. The number of benzene rings is 2. The molecule has 2 N–H and O–H groups in total. The van der Waals surface area contributed by atoms with E-state index in [1.807, 2.05) is 24.4 Å². The Kier molecular flexibility index (Phi) is 2.92. The molecule has 3 aromatic rings. The van der Waals surface area contributed by atoms with Gasteiger partial charge >= 0.3 is 0 Å². The summed E-state index contributed by atoms with van der Waals surface area (Å²) in [5.41, 5.74) is 10.7. The second-order valence-electron chi connectivity index (χ2n) is 5.04. The lowest BCUT2D eigenvalue weighted by Crippen LogP contribution is -1.97. The van der Waals surface area contributed by atoms with Crippen molar-refractivity contribution < 1.29 is 0 Å². The van der Waals surface area contributed by atoms with Crippen LogP contribution in [0.1, 0.15) is 16.7 Å². The number of nitrogens with two attached hydrogens (primary N) is 1. The average Bonchev–Trinajstić information content (AvgIpc) is 2.78. The number of hydrogen-bond acceptors (Lipinski definition) is 2. The SMILES string of the molecule is Cc1ccc(Cn2cc(C#N)c3cc(N)ccc32)cc1. The molecule has 0 spiro atoms. The number of fused-ring (bicyclic) bond motifs is 1. The molecule has 0 unspecified atom stereocenters. The van der Waals surface area contributed by atoms with E-state index in [0.717, 1.165) is 17.4 Å². The van der Waals surface area contributed by atoms with Gasteiger partial charge in [0.1, 0.15) is 6.07 Å². The number of aryl methyl sites for hydroxylation is 1. The Labute approximate surface area is 117 Å². The summed E-state index contributed by atoms with van der Waals surface area (Å²) < 4.78 is 2.10. The summed E-state index contributed by atoms with van der Waals surface area (Å²) in [5, 5.41) is 10.2. The van der Waals surface area contributed by atoms with Crippen molar-refractivity contribution in [3.63, 3.8) is 0 Å². The first-order chi connectivity index (χ1) is 9.67. The van der Waals surface area contributed by atoms with E-state index in [1.54, 1.807) is 0 Å². The molecule has 0 radical (unpaired) electrons. The van der Waals surface area contributed by atoms with Crippen LogP contribution in [0.2, 0.25) is 0 Å². The molecule has 20 heavy (non-hydrogen) atoms. The zero-order valence-corrected chi connectivity index (χ0v) is 11.3. The summed E-state index contributed by atoms with van der Waals surface area (Å²) in [6, 6.07) is 16.4. The van der Waals surface area contributed by atoms with Crippen LogP contribution < -0.4 is 5.73 Å². The lowest BCUT2D eigenvalue weighted by atomic mass is 10.1. The molecule has 3 rings (SSSR count). The van der Waals surface area contributed by atoms with Crippen LogP contribution in [0.3, 0.4) is 0 Å². The van der Waals surface area contributed by atoms with Crippen LogP contribution in [0, 0.1) is 18.3 Å². The Morgan fingerprint density at radius 1 is 1.15 bits per heavy atom. The molecule has 0 saturated heterocycles. The van der Waals surface area contributed by atoms with Crippen molar-refractivity contribution in [2.24, 2.45) is 0 Å². The molecule has 3 nitrogen and oxygen atoms in total. The molecule has 0 aliphatic heterocycles. The second-order valence-corrected chi connectivity index (χ2v) is 5.04. The Morgan fingerprint density at radius 2 is 1.90 bits per heavy atom. The van der Waals surface area contributed by atoms with Gasteiger partial charge in [-0.05, 0) is 30.7 Å². The van der Waals surface area contributed by atoms with Gasteiger partial charge in [0.15, 0.2) is 0 Å². The summed E-state index contributed by atoms with van der Waals surface area (Å²) in [6.07, 6.45) is 1.89. The van der Waals surface area contributed by atoms with Gasteiger partial charge < -0.3 is 10.3 Å². The van der Waals surface area contributed by atoms with Crippen molar-refractivity contribution in [3.8, 4) is 6.07 Å². The highest BCUT2D eigenvalue weighted by Gasteiger charge is 2.08. The molecule has 0 aliphatic rings. The number of hydrogen-bond donors (Lipinski definition) is 1. The molecule has 0 saturated carbocycles. The third kappa shape index (κ3) is 2.12. The van der Waals surface area contributed by atoms with Gasteiger partial charge in [-0.2, -0.15) is 5.26 Å². The fourth-order valence-corrected chi connectivity index (χ4v) is 2.42. The van der Waals surface area contributed by atoms with Crippen molar-refractivity contribution in [1.29, 1.82) is 5.26 Å². The van der Waals surface area contributed by atoms with Gasteiger partial charge in [-0.3, -0.25) is 0 Å². The highest BCUT2D eigenvalue weighted by atomic mass is 15.0. The quantitative estimate of drug-likeness (QED) is 0.718. The topological polar surface area (TPSA) is 54.7 Å². The van der Waals surface area contributed by atoms with Crippen LogP contribution in [-0.2, 0) is 6.54 Å². The molecular formula is C17H15N3. The summed E-state index contributed by atoms with van der Waals surface area (Å²) in [6.45, 7) is 2.83. The van der Waals surface area contributed by atoms with Crippen LogP contribution >= 0.6 is 0 Å². The monoisotopic (exact) mass is 261 g/mol. The van der Waals surface area contributed by atoms with E-state index < -0.39 is 0 Å². The Bertz CT molecular complexity index is 805. The zero-order valence-electron chi connectivity index (χ0n) is 11.3. The Morgan fingerprint density at radius 3 is 2.60 bits per heavy atom. The minimum atomic E-state index is 0.666. The first-order valence-electron chi connectivity index (χ1n) is 6.51. The molecule has 0 amide bonds. The summed E-state index contributed by atoms with van der Waals surface area (Å²) in [7, 11) is 0. The predicted octanol–water partition coefficient (Wildman–Crippen LogP) is 3.45. The number of nitriles is 1. The maximum atomic E-state index is 9.24. The van der Waals surface area contributed by atoms with E-state index in [4.69, 9.17) is 5.73 Å². The molecule has 1 aromatic heterocycles. The van der Waals surface area contributed by atoms with E-state index in [1.165, 1.54) is 11.1 Å². The lowest BCUT2D eigenvalue weighted by molar-refractivity contribution is 0.835. The van der Waals surface area contributed by atoms with Gasteiger partial charge in [-0.1, -0.05) is 29.8 Å². The molecule has 0 bridgehead atoms. The maximum Gasteiger partial charge on any atom is 0.101 e. The van der Waals surface area contributed by atoms with Crippen LogP contribution in [0.5, 0.6) is 0 Å². The molecular weight excluding hydrogens is 246 g/mol. The van der Waals surface area contributed by atoms with Gasteiger partial charge in [0, 0.05) is 29.3 Å². The van der Waals surface area contributed by atoms with Gasteiger partial charge in [0.25, 0.3) is 0 Å². The largest absolute Gasteiger partial charge is 0.399 e. The highest BCUT2D eigenvalue weighted by molar-refractivity contribution is 5.89. The van der Waals surface area contributed by atoms with E-state index in [0.29, 0.717) is 11.3 Å². The predicted molar refractivity (Wildman–Crippen MR) is 81.3 cm³/mol. The van der Waals surface area contributed by atoms with E-state index in [9.17, 15) is 5.26 Å². The molecule has 3 heteroatoms. The minimum absolute atomic E-state index is 0.666. The Hall–Kier alpha value is -2.73. The molecule has 1 heterocycles. The van der Waals surface area contributed by atoms with Crippen LogP contribution in [0.15, 0.2) is 48.7 Å². The smallest absolute Gasteiger partial charge is 0.101 e. The van der Waals surface area contributed by atoms with Crippen molar-refractivity contribution in [1.82, 2.24) is 4.57 Å². The van der Waals surface area contributed by atoms with Crippen LogP contribution in [-0.4, -0.2) is 4.57 Å². The maximum absolute atomic E-state index is 9.24. The Balaban J connectivity index is 2.08. The fraction of sp³-hybridized carbons (Fsp3) is 0.118. The average molecular weight is 261 g/mol. The molecule has 2 aromatic carbocycles.